The van der Waals surface area contributed by atoms with E-state index in [0.29, 0.717) is 13.2 Å². The lowest BCUT2D eigenvalue weighted by atomic mass is 9.88. The number of hydrogen-bond acceptors (Lipinski definition) is 19. The molecular weight excluding hydrogens is 1910 g/mol. The van der Waals surface area contributed by atoms with Crippen molar-refractivity contribution < 1.29 is 47.8 Å². The van der Waals surface area contributed by atoms with Crippen molar-refractivity contribution in [2.45, 2.75) is 148 Å². The Morgan fingerprint density at radius 3 is 1.20 bits per heavy atom. The molecule has 0 unspecified atom stereocenters. The molecular formula is C123H111NO10S8. The van der Waals surface area contributed by atoms with Crippen LogP contribution >= 0.6 is 90.7 Å². The van der Waals surface area contributed by atoms with E-state index in [1.165, 1.54) is 204 Å². The van der Waals surface area contributed by atoms with Crippen molar-refractivity contribution in [3.8, 4) is 95.0 Å². The third-order valence-corrected chi connectivity index (χ3v) is 34.6. The predicted molar refractivity (Wildman–Crippen MR) is 601 cm³/mol. The molecule has 0 spiro atoms. The first-order valence-electron chi connectivity index (χ1n) is 47.4. The summed E-state index contributed by atoms with van der Waals surface area (Å²) in [5, 5.41) is 6.05. The van der Waals surface area contributed by atoms with Crippen molar-refractivity contribution in [2.24, 2.45) is 0 Å². The Labute approximate surface area is 863 Å². The lowest BCUT2D eigenvalue weighted by Gasteiger charge is -2.20. The molecule has 3 aliphatic rings. The molecule has 19 aromatic rings. The SMILES string of the molecule is CC(=O)c1ccc(-c2c(C)cc(C)cc2C)s1.CC(=O)c1ccc(-c2cc(C)c(C)cc2C)s1.CC(=O)c1ccc(-c2ccc3c(c2)CCCC3)s1.CC(=O)c1ccc(-c2ccc3ccccc3c2)s1.CC(=O)c1ccc(-c2cccc3c2CCCC3)s1.CC(=O)c1ccc(-c2cccc3c2OCCO3)s1.CC(=O)c1ccc(-c2cccc3ccccc23)s1.CC(=O)c1ccc(-c2ccnc3ccccc23)s1. The van der Waals surface area contributed by atoms with Crippen LogP contribution < -0.4 is 9.47 Å². The van der Waals surface area contributed by atoms with Crippen LogP contribution in [-0.4, -0.2) is 64.5 Å². The maximum absolute atomic E-state index is 11.4. The van der Waals surface area contributed by atoms with Gasteiger partial charge >= 0.3 is 0 Å². The fourth-order valence-corrected chi connectivity index (χ4v) is 25.1. The summed E-state index contributed by atoms with van der Waals surface area (Å²) in [6.07, 6.45) is 11.8. The topological polar surface area (TPSA) is 168 Å². The number of benzene rings is 10. The lowest BCUT2D eigenvalue weighted by Crippen LogP contribution is -2.15. The van der Waals surface area contributed by atoms with Gasteiger partial charge in [-0.2, -0.15) is 0 Å². The number of thiophene rings is 8. The van der Waals surface area contributed by atoms with Gasteiger partial charge in [-0.15, -0.1) is 90.7 Å². The molecule has 1 aliphatic heterocycles. The van der Waals surface area contributed by atoms with E-state index in [2.05, 4.69) is 186 Å². The van der Waals surface area contributed by atoms with Gasteiger partial charge in [0.25, 0.3) is 0 Å². The molecule has 142 heavy (non-hydrogen) atoms. The maximum atomic E-state index is 11.4. The molecule has 0 atom stereocenters. The minimum absolute atomic E-state index is 0.0909. The summed E-state index contributed by atoms with van der Waals surface area (Å²) >= 11 is 12.5. The molecule has 0 saturated carbocycles. The number of ether oxygens (including phenoxy) is 2. The van der Waals surface area contributed by atoms with Crippen LogP contribution in [-0.2, 0) is 25.7 Å². The summed E-state index contributed by atoms with van der Waals surface area (Å²) in [6, 6.07) is 98.8. The Bertz CT molecular complexity index is 7600. The van der Waals surface area contributed by atoms with E-state index < -0.39 is 0 Å². The third-order valence-electron chi connectivity index (χ3n) is 24.8. The van der Waals surface area contributed by atoms with E-state index in [-0.39, 0.29) is 46.3 Å². The minimum Gasteiger partial charge on any atom is -0.486 e. The van der Waals surface area contributed by atoms with Gasteiger partial charge in [-0.1, -0.05) is 169 Å². The number of aryl methyl sites for hydroxylation is 9. The van der Waals surface area contributed by atoms with Crippen LogP contribution in [0.15, 0.2) is 297 Å². The van der Waals surface area contributed by atoms with Crippen molar-refractivity contribution in [2.75, 3.05) is 13.2 Å². The Kier molecular flexibility index (Phi) is 34.8. The first-order chi connectivity index (χ1) is 68.5. The normalized spacial score (nSPS) is 11.9. The number of carbonyl (C=O) groups excluding carboxylic acids is 8. The Hall–Kier alpha value is -13.3. The predicted octanol–water partition coefficient (Wildman–Crippen LogP) is 35.2. The molecule has 19 heteroatoms. The quantitative estimate of drug-likeness (QED) is 0.0844. The van der Waals surface area contributed by atoms with Gasteiger partial charge in [0.1, 0.15) is 13.2 Å². The molecule has 0 N–H and O–H groups in total. The van der Waals surface area contributed by atoms with Crippen LogP contribution in [0.3, 0.4) is 0 Å². The molecule has 10 aromatic carbocycles. The minimum atomic E-state index is 0.0909. The van der Waals surface area contributed by atoms with Crippen LogP contribution in [0.4, 0.5) is 0 Å². The van der Waals surface area contributed by atoms with E-state index in [4.69, 9.17) is 9.47 Å². The number of hydrogen-bond donors (Lipinski definition) is 0. The first kappa shape index (κ1) is 103. The molecule has 0 fully saturated rings. The van der Waals surface area contributed by atoms with Crippen LogP contribution in [0, 0.1) is 41.5 Å². The van der Waals surface area contributed by atoms with Gasteiger partial charge in [-0.25, -0.2) is 0 Å². The summed E-state index contributed by atoms with van der Waals surface area (Å²) in [5.74, 6) is 2.63. The van der Waals surface area contributed by atoms with Gasteiger partial charge in [-0.05, 0) is 381 Å². The van der Waals surface area contributed by atoms with Gasteiger partial charge in [0, 0.05) is 61.7 Å². The van der Waals surface area contributed by atoms with Crippen molar-refractivity contribution in [3.63, 3.8) is 0 Å². The number of carbonyl (C=O) groups is 8. The molecule has 0 saturated heterocycles. The smallest absolute Gasteiger partial charge is 0.169 e. The van der Waals surface area contributed by atoms with Gasteiger partial charge < -0.3 is 9.47 Å². The highest BCUT2D eigenvalue weighted by molar-refractivity contribution is 7.20. The number of pyridine rings is 1. The zero-order chi connectivity index (χ0) is 100. The second-order valence-electron chi connectivity index (χ2n) is 35.4. The van der Waals surface area contributed by atoms with Crippen molar-refractivity contribution >= 4 is 169 Å². The highest BCUT2D eigenvalue weighted by Crippen LogP contribution is 2.45. The summed E-state index contributed by atoms with van der Waals surface area (Å²) < 4.78 is 11.2. The van der Waals surface area contributed by atoms with E-state index in [1.807, 2.05) is 158 Å². The average molecular weight is 2020 g/mol. The molecule has 10 heterocycles. The number of fused-ring (bicyclic) bond motifs is 6. The molecule has 0 radical (unpaired) electrons. The van der Waals surface area contributed by atoms with E-state index in [1.54, 1.807) is 123 Å². The van der Waals surface area contributed by atoms with Crippen LogP contribution in [0.5, 0.6) is 11.5 Å². The first-order valence-corrected chi connectivity index (χ1v) is 54.0. The number of para-hydroxylation sites is 2. The Morgan fingerprint density at radius 1 is 0.261 bits per heavy atom. The van der Waals surface area contributed by atoms with Crippen molar-refractivity contribution in [3.05, 3.63) is 392 Å². The largest absolute Gasteiger partial charge is 0.486 e. The Balaban J connectivity index is 0.000000122. The number of ketones is 8. The van der Waals surface area contributed by atoms with Crippen molar-refractivity contribution in [1.29, 1.82) is 0 Å². The van der Waals surface area contributed by atoms with E-state index >= 15 is 0 Å². The molecule has 716 valence electrons. The zero-order valence-corrected chi connectivity index (χ0v) is 88.7. The standard InChI is InChI=1S/C16H16OS.C16H12OS.C16H16OS.C16H12OS.C15H11NOS.2C15H16OS.C14H12O3S/c2*1-11(17)15-9-10-16(18-15)14-8-4-6-12-5-2-3-7-13(12)14;2*1-11(17)15-8-9-16(18-15)14-7-6-12-4-2-3-5-13(12)10-14;1-10(17)14-6-7-15(18-14)12-8-9-16-13-5-3-2-4-11(12)13;1-9-7-11(3)13(8-10(9)2)15-6-5-14(17-15)12(4)16;1-9-7-10(2)15(11(3)8-9)14-6-5-13(17-14)12(4)16;1-9(15)12-5-6-13(18-12)10-3-2-4-11-14(10)17-8-7-16-11/h4,6,8-10H,2-3,5,7H2,1H3;2-10H,1H3;6-10H,2-5H2,1H3;2-10H,1H3;2-9H,1H3;2*5-8H,1-4H3;2-6H,7-8H2,1H3. The number of nitrogens with zero attached hydrogens (tertiary/aromatic N) is 1. The average Bonchev–Trinajstić information content (AvgIpc) is 1.61. The molecule has 11 nitrogen and oxygen atoms in total. The fraction of sp³-hybridized carbons (Fsp3) is 0.195. The Morgan fingerprint density at radius 2 is 0.648 bits per heavy atom. The van der Waals surface area contributed by atoms with Gasteiger partial charge in [0.2, 0.25) is 0 Å². The van der Waals surface area contributed by atoms with E-state index in [9.17, 15) is 38.4 Å². The number of aromatic nitrogens is 1. The van der Waals surface area contributed by atoms with Crippen molar-refractivity contribution in [1.82, 2.24) is 4.98 Å². The highest BCUT2D eigenvalue weighted by Gasteiger charge is 2.23. The molecule has 0 amide bonds. The van der Waals surface area contributed by atoms with Crippen LogP contribution in [0.25, 0.3) is 116 Å². The second-order valence-corrected chi connectivity index (χ2v) is 44.1. The van der Waals surface area contributed by atoms with Crippen LogP contribution in [0.2, 0.25) is 0 Å². The molecule has 9 aromatic heterocycles. The van der Waals surface area contributed by atoms with Crippen LogP contribution in [0.1, 0.15) is 214 Å². The third kappa shape index (κ3) is 25.8. The van der Waals surface area contributed by atoms with Gasteiger partial charge in [-0.3, -0.25) is 43.3 Å². The maximum Gasteiger partial charge on any atom is 0.169 e. The molecule has 2 aliphatic carbocycles. The summed E-state index contributed by atoms with van der Waals surface area (Å²) in [6.45, 7) is 26.8. The monoisotopic (exact) mass is 2020 g/mol. The number of Topliss-reactive ketones (excluding diaryl/α,β-unsaturated/α-hetero) is 8. The summed E-state index contributed by atoms with van der Waals surface area (Å²) in [5.41, 5.74) is 24.3. The zero-order valence-electron chi connectivity index (χ0n) is 82.2. The molecule has 0 bridgehead atoms. The fourth-order valence-electron chi connectivity index (χ4n) is 17.4. The van der Waals surface area contributed by atoms with E-state index in [0.717, 1.165) is 92.1 Å². The number of rotatable bonds is 16. The highest BCUT2D eigenvalue weighted by atomic mass is 32.1. The molecule has 22 rings (SSSR count). The van der Waals surface area contributed by atoms with Gasteiger partial charge in [0.15, 0.2) is 57.8 Å². The summed E-state index contributed by atoms with van der Waals surface area (Å²) in [7, 11) is 0. The lowest BCUT2D eigenvalue weighted by molar-refractivity contribution is 0.101. The summed E-state index contributed by atoms with van der Waals surface area (Å²) in [4.78, 5) is 111. The second kappa shape index (κ2) is 48.0. The van der Waals surface area contributed by atoms with Gasteiger partial charge in [0.05, 0.1) is 44.5 Å².